The van der Waals surface area contributed by atoms with E-state index in [1.807, 2.05) is 6.07 Å². The van der Waals surface area contributed by atoms with Gasteiger partial charge in [-0.1, -0.05) is 26.0 Å². The number of hydrogen-bond donors (Lipinski definition) is 0. The van der Waals surface area contributed by atoms with Crippen molar-refractivity contribution < 1.29 is 14.3 Å². The molecule has 0 radical (unpaired) electrons. The van der Waals surface area contributed by atoms with Crippen LogP contribution in [0, 0.1) is 0 Å². The molecule has 19 heavy (non-hydrogen) atoms. The highest BCUT2D eigenvalue weighted by molar-refractivity contribution is 5.99. The summed E-state index contributed by atoms with van der Waals surface area (Å²) >= 11 is 0. The average Bonchev–Trinajstić information content (AvgIpc) is 2.35. The molecule has 0 aliphatic heterocycles. The molecule has 100 valence electrons. The molecular formula is C16H18O3. The van der Waals surface area contributed by atoms with Gasteiger partial charge in [-0.25, -0.2) is 4.79 Å². The van der Waals surface area contributed by atoms with E-state index in [9.17, 15) is 9.59 Å². The number of rotatable bonds is 2. The molecule has 0 amide bonds. The van der Waals surface area contributed by atoms with Crippen LogP contribution in [0.4, 0.5) is 0 Å². The number of fused-ring (bicyclic) bond motifs is 1. The van der Waals surface area contributed by atoms with Crippen molar-refractivity contribution in [1.29, 1.82) is 0 Å². The fraction of sp³-hybridized carbons (Fsp3) is 0.375. The molecule has 1 aliphatic rings. The molecule has 1 aromatic carbocycles. The topological polar surface area (TPSA) is 43.4 Å². The fourth-order valence-electron chi connectivity index (χ4n) is 2.39. The van der Waals surface area contributed by atoms with Crippen LogP contribution >= 0.6 is 0 Å². The molecule has 0 saturated heterocycles. The third-order valence-corrected chi connectivity index (χ3v) is 3.52. The third kappa shape index (κ3) is 2.75. The normalized spacial score (nSPS) is 17.3. The van der Waals surface area contributed by atoms with Crippen molar-refractivity contribution in [2.24, 2.45) is 0 Å². The summed E-state index contributed by atoms with van der Waals surface area (Å²) < 4.78 is 5.16. The molecule has 0 bridgehead atoms. The second kappa shape index (κ2) is 5.00. The highest BCUT2D eigenvalue weighted by Crippen LogP contribution is 2.38. The predicted octanol–water partition coefficient (Wildman–Crippen LogP) is 3.42. The summed E-state index contributed by atoms with van der Waals surface area (Å²) in [6, 6.07) is 5.32. The van der Waals surface area contributed by atoms with E-state index < -0.39 is 5.97 Å². The molecule has 3 nitrogen and oxygen atoms in total. The molecule has 0 heterocycles. The quantitative estimate of drug-likeness (QED) is 0.464. The van der Waals surface area contributed by atoms with Gasteiger partial charge in [0.2, 0.25) is 0 Å². The first-order valence-corrected chi connectivity index (χ1v) is 6.46. The molecule has 0 unspecified atom stereocenters. The first kappa shape index (κ1) is 13.5. The van der Waals surface area contributed by atoms with Crippen LogP contribution in [0.15, 0.2) is 30.4 Å². The van der Waals surface area contributed by atoms with Crippen molar-refractivity contribution in [2.45, 2.75) is 39.0 Å². The highest BCUT2D eigenvalue weighted by atomic mass is 16.5. The second-order valence-electron chi connectivity index (χ2n) is 5.44. The summed E-state index contributed by atoms with van der Waals surface area (Å²) in [6.07, 6.45) is 4.38. The zero-order chi connectivity index (χ0) is 14.0. The van der Waals surface area contributed by atoms with Crippen molar-refractivity contribution in [3.8, 4) is 5.75 Å². The van der Waals surface area contributed by atoms with Gasteiger partial charge >= 0.3 is 5.97 Å². The van der Waals surface area contributed by atoms with Crippen LogP contribution < -0.4 is 4.74 Å². The van der Waals surface area contributed by atoms with E-state index in [2.05, 4.69) is 13.8 Å². The Labute approximate surface area is 113 Å². The van der Waals surface area contributed by atoms with Crippen LogP contribution in [-0.2, 0) is 10.2 Å². The average molecular weight is 258 g/mol. The Kier molecular flexibility index (Phi) is 3.56. The molecule has 0 spiro atoms. The van der Waals surface area contributed by atoms with Gasteiger partial charge < -0.3 is 4.74 Å². The Morgan fingerprint density at radius 3 is 2.79 bits per heavy atom. The Bertz CT molecular complexity index is 553. The molecule has 1 aromatic rings. The number of ether oxygens (including phenoxy) is 1. The van der Waals surface area contributed by atoms with E-state index in [0.717, 1.165) is 12.0 Å². The summed E-state index contributed by atoms with van der Waals surface area (Å²) in [6.45, 7) is 6.01. The monoisotopic (exact) mass is 258 g/mol. The lowest BCUT2D eigenvalue weighted by Gasteiger charge is -2.31. The summed E-state index contributed by atoms with van der Waals surface area (Å²) in [5, 5.41) is 0. The van der Waals surface area contributed by atoms with Crippen LogP contribution in [0.25, 0.3) is 0 Å². The van der Waals surface area contributed by atoms with Crippen LogP contribution in [0.5, 0.6) is 5.75 Å². The van der Waals surface area contributed by atoms with Gasteiger partial charge in [-0.15, -0.1) is 0 Å². The Morgan fingerprint density at radius 2 is 2.11 bits per heavy atom. The molecule has 0 N–H and O–H groups in total. The van der Waals surface area contributed by atoms with Crippen LogP contribution in [0.1, 0.15) is 49.5 Å². The van der Waals surface area contributed by atoms with Crippen molar-refractivity contribution in [1.82, 2.24) is 0 Å². The van der Waals surface area contributed by atoms with Crippen molar-refractivity contribution >= 4 is 11.8 Å². The van der Waals surface area contributed by atoms with E-state index >= 15 is 0 Å². The van der Waals surface area contributed by atoms with Gasteiger partial charge in [0.25, 0.3) is 0 Å². The van der Waals surface area contributed by atoms with Gasteiger partial charge in [0.05, 0.1) is 0 Å². The molecule has 3 heteroatoms. The third-order valence-electron chi connectivity index (χ3n) is 3.52. The largest absolute Gasteiger partial charge is 0.423 e. The molecule has 2 rings (SSSR count). The highest BCUT2D eigenvalue weighted by Gasteiger charge is 2.31. The maximum Gasteiger partial charge on any atom is 0.335 e. The SMILES string of the molecule is C/C=C/C(=O)Oc1ccc2c(c1)C(=O)CCC2(C)C. The Balaban J connectivity index is 2.35. The number of ketones is 1. The maximum absolute atomic E-state index is 12.0. The molecule has 0 atom stereocenters. The number of allylic oxidation sites excluding steroid dienone is 1. The lowest BCUT2D eigenvalue weighted by Crippen LogP contribution is -2.27. The van der Waals surface area contributed by atoms with Gasteiger partial charge in [0.1, 0.15) is 5.75 Å². The molecule has 1 aliphatic carbocycles. The van der Waals surface area contributed by atoms with Crippen molar-refractivity contribution in [3.63, 3.8) is 0 Å². The zero-order valence-corrected chi connectivity index (χ0v) is 11.5. The molecule has 0 aromatic heterocycles. The van der Waals surface area contributed by atoms with Crippen LogP contribution in [0.3, 0.4) is 0 Å². The van der Waals surface area contributed by atoms with E-state index in [-0.39, 0.29) is 11.2 Å². The lowest BCUT2D eigenvalue weighted by molar-refractivity contribution is -0.129. The lowest BCUT2D eigenvalue weighted by atomic mass is 9.72. The summed E-state index contributed by atoms with van der Waals surface area (Å²) in [5.74, 6) is 0.121. The zero-order valence-electron chi connectivity index (χ0n) is 11.5. The van der Waals surface area contributed by atoms with Gasteiger partial charge in [0, 0.05) is 18.1 Å². The number of carbonyl (C=O) groups is 2. The Morgan fingerprint density at radius 1 is 1.37 bits per heavy atom. The smallest absolute Gasteiger partial charge is 0.335 e. The molecule has 0 saturated carbocycles. The number of Topliss-reactive ketones (excluding diaryl/α,β-unsaturated/α-hetero) is 1. The van der Waals surface area contributed by atoms with E-state index in [4.69, 9.17) is 4.74 Å². The molecular weight excluding hydrogens is 240 g/mol. The first-order valence-electron chi connectivity index (χ1n) is 6.46. The van der Waals surface area contributed by atoms with E-state index in [0.29, 0.717) is 17.7 Å². The maximum atomic E-state index is 12.0. The van der Waals surface area contributed by atoms with Gasteiger partial charge in [-0.05, 0) is 36.5 Å². The number of benzene rings is 1. The Hall–Kier alpha value is -1.90. The fourth-order valence-corrected chi connectivity index (χ4v) is 2.39. The van der Waals surface area contributed by atoms with Crippen LogP contribution in [-0.4, -0.2) is 11.8 Å². The van der Waals surface area contributed by atoms with Gasteiger partial charge in [-0.2, -0.15) is 0 Å². The molecule has 0 fully saturated rings. The minimum Gasteiger partial charge on any atom is -0.423 e. The minimum atomic E-state index is -0.426. The van der Waals surface area contributed by atoms with Gasteiger partial charge in [0.15, 0.2) is 5.78 Å². The standard InChI is InChI=1S/C16H18O3/c1-4-5-15(18)19-11-6-7-13-12(10-11)14(17)8-9-16(13,2)3/h4-7,10H,8-9H2,1-3H3/b5-4+. The van der Waals surface area contributed by atoms with Crippen molar-refractivity contribution in [3.05, 3.63) is 41.5 Å². The number of esters is 1. The summed E-state index contributed by atoms with van der Waals surface area (Å²) in [4.78, 5) is 23.4. The number of hydrogen-bond acceptors (Lipinski definition) is 3. The van der Waals surface area contributed by atoms with Gasteiger partial charge in [-0.3, -0.25) is 4.79 Å². The van der Waals surface area contributed by atoms with E-state index in [1.54, 1.807) is 25.1 Å². The summed E-state index contributed by atoms with van der Waals surface area (Å²) in [5.41, 5.74) is 1.71. The summed E-state index contributed by atoms with van der Waals surface area (Å²) in [7, 11) is 0. The van der Waals surface area contributed by atoms with Crippen molar-refractivity contribution in [2.75, 3.05) is 0 Å². The second-order valence-corrected chi connectivity index (χ2v) is 5.44. The number of carbonyl (C=O) groups excluding carboxylic acids is 2. The van der Waals surface area contributed by atoms with E-state index in [1.165, 1.54) is 6.08 Å². The minimum absolute atomic E-state index is 0.00486. The predicted molar refractivity (Wildman–Crippen MR) is 73.5 cm³/mol. The first-order chi connectivity index (χ1) is 8.94. The van der Waals surface area contributed by atoms with Crippen LogP contribution in [0.2, 0.25) is 0 Å².